The van der Waals surface area contributed by atoms with Crippen molar-refractivity contribution in [1.29, 1.82) is 0 Å². The lowest BCUT2D eigenvalue weighted by molar-refractivity contribution is -0.189. The topological polar surface area (TPSA) is 38.9 Å². The van der Waals surface area contributed by atoms with E-state index < -0.39 is 12.3 Å². The van der Waals surface area contributed by atoms with Gasteiger partial charge >= 0.3 is 6.18 Å². The van der Waals surface area contributed by atoms with Crippen LogP contribution in [0.25, 0.3) is 0 Å². The molecule has 18 heavy (non-hydrogen) atoms. The SMILES string of the molecule is C=Nn1cccc(OC(C)C(F)(F)F)c1=NCBr. The highest BCUT2D eigenvalue weighted by atomic mass is 79.9. The number of hydrogen-bond acceptors (Lipinski definition) is 3. The summed E-state index contributed by atoms with van der Waals surface area (Å²) in [4.78, 5) is 3.97. The predicted octanol–water partition coefficient (Wildman–Crippen LogP) is 2.53. The summed E-state index contributed by atoms with van der Waals surface area (Å²) in [5.74, 6) is -0.00539. The van der Waals surface area contributed by atoms with E-state index in [0.717, 1.165) is 6.92 Å². The lowest BCUT2D eigenvalue weighted by atomic mass is 10.4. The van der Waals surface area contributed by atoms with Gasteiger partial charge < -0.3 is 4.74 Å². The van der Waals surface area contributed by atoms with E-state index in [-0.39, 0.29) is 16.7 Å². The minimum Gasteiger partial charge on any atom is -0.477 e. The quantitative estimate of drug-likeness (QED) is 0.476. The van der Waals surface area contributed by atoms with E-state index in [2.05, 4.69) is 32.7 Å². The molecule has 1 rings (SSSR count). The van der Waals surface area contributed by atoms with Gasteiger partial charge in [-0.1, -0.05) is 15.9 Å². The van der Waals surface area contributed by atoms with Gasteiger partial charge in [0.15, 0.2) is 17.3 Å². The van der Waals surface area contributed by atoms with Crippen molar-refractivity contribution in [1.82, 2.24) is 4.68 Å². The van der Waals surface area contributed by atoms with Crippen LogP contribution in [0.5, 0.6) is 5.75 Å². The molecule has 0 bridgehead atoms. The van der Waals surface area contributed by atoms with Gasteiger partial charge in [-0.05, 0) is 19.1 Å². The molecular weight excluding hydrogens is 315 g/mol. The van der Waals surface area contributed by atoms with Gasteiger partial charge in [0, 0.05) is 12.9 Å². The summed E-state index contributed by atoms with van der Waals surface area (Å²) in [5.41, 5.74) is 0.379. The largest absolute Gasteiger partial charge is 0.477 e. The number of rotatable bonds is 4. The monoisotopic (exact) mass is 325 g/mol. The molecule has 1 unspecified atom stereocenters. The van der Waals surface area contributed by atoms with E-state index >= 15 is 0 Å². The molecule has 100 valence electrons. The number of nitrogens with zero attached hydrogens (tertiary/aromatic N) is 3. The van der Waals surface area contributed by atoms with Crippen LogP contribution in [0.2, 0.25) is 0 Å². The van der Waals surface area contributed by atoms with Gasteiger partial charge in [-0.25, -0.2) is 4.68 Å². The molecule has 0 saturated carbocycles. The van der Waals surface area contributed by atoms with Crippen LogP contribution in [0.3, 0.4) is 0 Å². The van der Waals surface area contributed by atoms with E-state index in [1.807, 2.05) is 0 Å². The smallest absolute Gasteiger partial charge is 0.425 e. The second kappa shape index (κ2) is 6.03. The molecule has 0 radical (unpaired) electrons. The van der Waals surface area contributed by atoms with Crippen molar-refractivity contribution in [2.45, 2.75) is 19.2 Å². The highest BCUT2D eigenvalue weighted by molar-refractivity contribution is 9.09. The first kappa shape index (κ1) is 14.7. The normalized spacial score (nSPS) is 14.4. The summed E-state index contributed by atoms with van der Waals surface area (Å²) in [6, 6.07) is 2.89. The highest BCUT2D eigenvalue weighted by Crippen LogP contribution is 2.23. The average Bonchev–Trinajstić information content (AvgIpc) is 2.30. The number of aromatic nitrogens is 1. The fourth-order valence-corrected chi connectivity index (χ4v) is 1.38. The fourth-order valence-electron chi connectivity index (χ4n) is 1.14. The lowest BCUT2D eigenvalue weighted by Crippen LogP contribution is -2.34. The van der Waals surface area contributed by atoms with E-state index in [1.54, 1.807) is 0 Å². The summed E-state index contributed by atoms with van der Waals surface area (Å²) in [5, 5.41) is 3.61. The predicted molar refractivity (Wildman–Crippen MR) is 64.9 cm³/mol. The van der Waals surface area contributed by atoms with Crippen molar-refractivity contribution in [3.05, 3.63) is 23.8 Å². The van der Waals surface area contributed by atoms with Gasteiger partial charge in [-0.2, -0.15) is 18.3 Å². The number of ether oxygens (including phenoxy) is 1. The minimum atomic E-state index is -4.44. The zero-order chi connectivity index (χ0) is 13.8. The maximum absolute atomic E-state index is 12.4. The van der Waals surface area contributed by atoms with Crippen LogP contribution < -0.4 is 10.2 Å². The van der Waals surface area contributed by atoms with E-state index in [0.29, 0.717) is 0 Å². The molecule has 1 heterocycles. The Morgan fingerprint density at radius 3 is 2.72 bits per heavy atom. The minimum absolute atomic E-state index is 0.00539. The molecule has 0 N–H and O–H groups in total. The summed E-state index contributed by atoms with van der Waals surface area (Å²) in [6.45, 7) is 4.23. The lowest BCUT2D eigenvalue weighted by Gasteiger charge is -2.18. The number of halogens is 4. The van der Waals surface area contributed by atoms with Crippen molar-refractivity contribution in [3.8, 4) is 5.75 Å². The molecule has 0 amide bonds. The standard InChI is InChI=1S/C10H11BrF3N3O/c1-7(10(12,13)14)18-8-4-3-5-17(15-2)9(8)16-6-11/h3-5,7H,2,6H2,1H3. The number of pyridine rings is 1. The molecule has 0 aliphatic carbocycles. The third-order valence-electron chi connectivity index (χ3n) is 2.04. The Morgan fingerprint density at radius 2 is 2.22 bits per heavy atom. The van der Waals surface area contributed by atoms with E-state index in [9.17, 15) is 13.2 Å². The molecule has 0 aromatic carbocycles. The molecule has 0 spiro atoms. The molecule has 0 saturated heterocycles. The molecule has 0 aliphatic heterocycles. The van der Waals surface area contributed by atoms with Crippen LogP contribution in [-0.4, -0.2) is 29.1 Å². The fraction of sp³-hybridized carbons (Fsp3) is 0.400. The van der Waals surface area contributed by atoms with Crippen molar-refractivity contribution < 1.29 is 17.9 Å². The third kappa shape index (κ3) is 3.59. The van der Waals surface area contributed by atoms with Gasteiger partial charge in [-0.3, -0.25) is 4.99 Å². The van der Waals surface area contributed by atoms with Crippen LogP contribution >= 0.6 is 15.9 Å². The molecule has 1 aromatic rings. The van der Waals surface area contributed by atoms with Crippen molar-refractivity contribution in [3.63, 3.8) is 0 Å². The Bertz CT molecular complexity index is 484. The highest BCUT2D eigenvalue weighted by Gasteiger charge is 2.38. The first-order valence-corrected chi connectivity index (χ1v) is 6.00. The molecule has 8 heteroatoms. The summed E-state index contributed by atoms with van der Waals surface area (Å²) in [6.07, 6.45) is -4.85. The second-order valence-electron chi connectivity index (χ2n) is 3.26. The van der Waals surface area contributed by atoms with Crippen LogP contribution in [0, 0.1) is 0 Å². The van der Waals surface area contributed by atoms with Gasteiger partial charge in [0.1, 0.15) is 0 Å². The molecule has 4 nitrogen and oxygen atoms in total. The molecule has 0 aliphatic rings. The van der Waals surface area contributed by atoms with Crippen molar-refractivity contribution in [2.75, 3.05) is 5.45 Å². The summed E-state index contributed by atoms with van der Waals surface area (Å²) in [7, 11) is 0. The van der Waals surface area contributed by atoms with Crippen LogP contribution in [0.4, 0.5) is 13.2 Å². The summed E-state index contributed by atoms with van der Waals surface area (Å²) >= 11 is 3.07. The van der Waals surface area contributed by atoms with Gasteiger partial charge in [0.2, 0.25) is 0 Å². The van der Waals surface area contributed by atoms with Crippen LogP contribution in [-0.2, 0) is 0 Å². The first-order chi connectivity index (χ1) is 8.40. The zero-order valence-electron chi connectivity index (χ0n) is 9.49. The maximum atomic E-state index is 12.4. The molecule has 1 aromatic heterocycles. The zero-order valence-corrected chi connectivity index (χ0v) is 11.1. The maximum Gasteiger partial charge on any atom is 0.425 e. The molecular formula is C10H11BrF3N3O. The van der Waals surface area contributed by atoms with Crippen LogP contribution in [0.15, 0.2) is 28.4 Å². The first-order valence-electron chi connectivity index (χ1n) is 4.88. The second-order valence-corrected chi connectivity index (χ2v) is 3.76. The van der Waals surface area contributed by atoms with E-state index in [1.165, 1.54) is 23.0 Å². The Morgan fingerprint density at radius 1 is 1.56 bits per heavy atom. The average molecular weight is 326 g/mol. The number of alkyl halides is 4. The van der Waals surface area contributed by atoms with E-state index in [4.69, 9.17) is 4.74 Å². The van der Waals surface area contributed by atoms with Crippen LogP contribution in [0.1, 0.15) is 6.92 Å². The molecule has 1 atom stereocenters. The Kier molecular flexibility index (Phi) is 4.94. The summed E-state index contributed by atoms with van der Waals surface area (Å²) < 4.78 is 43.4. The number of hydrogen-bond donors (Lipinski definition) is 0. The van der Waals surface area contributed by atoms with Gasteiger partial charge in [-0.15, -0.1) is 0 Å². The Hall–Kier alpha value is -1.31. The van der Waals surface area contributed by atoms with Gasteiger partial charge in [0.25, 0.3) is 0 Å². The Balaban J connectivity index is 3.17. The van der Waals surface area contributed by atoms with Crippen molar-refractivity contribution in [2.24, 2.45) is 10.1 Å². The van der Waals surface area contributed by atoms with Crippen molar-refractivity contribution >= 4 is 22.6 Å². The third-order valence-corrected chi connectivity index (χ3v) is 2.29. The molecule has 0 fully saturated rings. The Labute approximate surface area is 110 Å². The van der Waals surface area contributed by atoms with Gasteiger partial charge in [0.05, 0.1) is 5.45 Å².